The van der Waals surface area contributed by atoms with Crippen molar-refractivity contribution in [3.05, 3.63) is 17.0 Å². The maximum Gasteiger partial charge on any atom is 0.227 e. The van der Waals surface area contributed by atoms with Gasteiger partial charge in [-0.2, -0.15) is 0 Å². The smallest absolute Gasteiger partial charge is 0.227 e. The van der Waals surface area contributed by atoms with E-state index in [9.17, 15) is 4.79 Å². The molecule has 1 atom stereocenters. The molecule has 5 nitrogen and oxygen atoms in total. The topological polar surface area (TPSA) is 58.4 Å². The fraction of sp³-hybridized carbons (Fsp3) is 0.714. The van der Waals surface area contributed by atoms with Crippen LogP contribution in [0.2, 0.25) is 0 Å². The Morgan fingerprint density at radius 2 is 2.20 bits per heavy atom. The van der Waals surface area contributed by atoms with Gasteiger partial charge in [0.2, 0.25) is 5.91 Å². The highest BCUT2D eigenvalue weighted by molar-refractivity contribution is 5.85. The summed E-state index contributed by atoms with van der Waals surface area (Å²) in [6.07, 6.45) is 2.01. The molecule has 0 aliphatic carbocycles. The molecule has 1 aliphatic rings. The van der Waals surface area contributed by atoms with Crippen molar-refractivity contribution < 1.29 is 9.32 Å². The van der Waals surface area contributed by atoms with Gasteiger partial charge in [0.05, 0.1) is 12.1 Å². The molecule has 1 aromatic heterocycles. The minimum atomic E-state index is 0. The summed E-state index contributed by atoms with van der Waals surface area (Å²) in [5, 5.41) is 7.36. The summed E-state index contributed by atoms with van der Waals surface area (Å²) in [4.78, 5) is 14.4. The molecule has 1 fully saturated rings. The van der Waals surface area contributed by atoms with Crippen LogP contribution in [-0.2, 0) is 24.1 Å². The van der Waals surface area contributed by atoms with Crippen LogP contribution < -0.4 is 5.32 Å². The lowest BCUT2D eigenvalue weighted by Gasteiger charge is -2.34. The van der Waals surface area contributed by atoms with Gasteiger partial charge >= 0.3 is 0 Å². The van der Waals surface area contributed by atoms with Gasteiger partial charge in [-0.1, -0.05) is 19.0 Å². The van der Waals surface area contributed by atoms with Gasteiger partial charge in [-0.05, 0) is 13.3 Å². The largest absolute Gasteiger partial charge is 0.361 e. The number of carbonyl (C=O) groups excluding carboxylic acids is 1. The van der Waals surface area contributed by atoms with Crippen LogP contribution in [0.25, 0.3) is 0 Å². The third kappa shape index (κ3) is 3.52. The molecule has 114 valence electrons. The molecule has 1 aliphatic heterocycles. The SMILES string of the molecule is CCc1noc(CC)c1CC(=O)N1CCNC[C@H]1C.Cl. The Hall–Kier alpha value is -1.07. The molecule has 6 heteroatoms. The van der Waals surface area contributed by atoms with Crippen molar-refractivity contribution in [2.45, 2.75) is 46.1 Å². The van der Waals surface area contributed by atoms with E-state index in [1.165, 1.54) is 0 Å². The van der Waals surface area contributed by atoms with Crippen molar-refractivity contribution in [3.63, 3.8) is 0 Å². The van der Waals surface area contributed by atoms with Crippen molar-refractivity contribution in [1.29, 1.82) is 0 Å². The highest BCUT2D eigenvalue weighted by Gasteiger charge is 2.25. The fourth-order valence-electron chi connectivity index (χ4n) is 2.60. The zero-order chi connectivity index (χ0) is 13.8. The molecule has 2 rings (SSSR count). The summed E-state index contributed by atoms with van der Waals surface area (Å²) in [5.41, 5.74) is 1.92. The lowest BCUT2D eigenvalue weighted by atomic mass is 10.0. The van der Waals surface area contributed by atoms with Crippen molar-refractivity contribution in [2.75, 3.05) is 19.6 Å². The Balaban J connectivity index is 0.00000200. The van der Waals surface area contributed by atoms with Crippen LogP contribution in [0.4, 0.5) is 0 Å². The summed E-state index contributed by atoms with van der Waals surface area (Å²) in [5.74, 6) is 1.04. The monoisotopic (exact) mass is 301 g/mol. The van der Waals surface area contributed by atoms with Gasteiger partial charge in [0.1, 0.15) is 5.76 Å². The third-order valence-corrected chi connectivity index (χ3v) is 3.76. The normalized spacial score (nSPS) is 18.8. The lowest BCUT2D eigenvalue weighted by Crippen LogP contribution is -2.52. The predicted octanol–water partition coefficient (Wildman–Crippen LogP) is 1.58. The summed E-state index contributed by atoms with van der Waals surface area (Å²) < 4.78 is 5.32. The summed E-state index contributed by atoms with van der Waals surface area (Å²) in [7, 11) is 0. The summed E-state index contributed by atoms with van der Waals surface area (Å²) in [6, 6.07) is 0.260. The molecule has 0 unspecified atom stereocenters. The molecule has 1 amide bonds. The first-order valence-corrected chi connectivity index (χ1v) is 7.13. The molecule has 0 saturated carbocycles. The molecule has 0 bridgehead atoms. The molecule has 0 radical (unpaired) electrons. The maximum atomic E-state index is 12.4. The molecule has 1 saturated heterocycles. The average molecular weight is 302 g/mol. The molecule has 2 heterocycles. The first kappa shape index (κ1) is 17.0. The van der Waals surface area contributed by atoms with Gasteiger partial charge < -0.3 is 14.7 Å². The number of hydrogen-bond donors (Lipinski definition) is 1. The van der Waals surface area contributed by atoms with Gasteiger partial charge in [-0.15, -0.1) is 12.4 Å². The average Bonchev–Trinajstić information content (AvgIpc) is 2.81. The fourth-order valence-corrected chi connectivity index (χ4v) is 2.60. The van der Waals surface area contributed by atoms with E-state index in [0.29, 0.717) is 6.42 Å². The predicted molar refractivity (Wildman–Crippen MR) is 80.3 cm³/mol. The lowest BCUT2D eigenvalue weighted by molar-refractivity contribution is -0.133. The van der Waals surface area contributed by atoms with Crippen molar-refractivity contribution >= 4 is 18.3 Å². The molecule has 20 heavy (non-hydrogen) atoms. The zero-order valence-electron chi connectivity index (χ0n) is 12.4. The highest BCUT2D eigenvalue weighted by Crippen LogP contribution is 2.18. The van der Waals surface area contributed by atoms with Gasteiger partial charge in [0, 0.05) is 37.7 Å². The Bertz CT molecular complexity index is 426. The maximum absolute atomic E-state index is 12.4. The first-order valence-electron chi connectivity index (χ1n) is 7.13. The van der Waals surface area contributed by atoms with Crippen molar-refractivity contribution in [1.82, 2.24) is 15.4 Å². The number of halogens is 1. The van der Waals surface area contributed by atoms with E-state index in [2.05, 4.69) is 17.4 Å². The van der Waals surface area contributed by atoms with Gasteiger partial charge in [0.25, 0.3) is 0 Å². The number of amides is 1. The molecule has 1 aromatic rings. The van der Waals surface area contributed by atoms with Crippen LogP contribution >= 0.6 is 12.4 Å². The standard InChI is InChI=1S/C14H23N3O2.ClH/c1-4-12-11(13(5-2)19-16-12)8-14(18)17-7-6-15-9-10(17)3;/h10,15H,4-9H2,1-3H3;1H/t10-;/m1./s1. The van der Waals surface area contributed by atoms with E-state index in [1.807, 2.05) is 18.7 Å². The number of piperazine rings is 1. The Morgan fingerprint density at radius 3 is 2.80 bits per heavy atom. The van der Waals surface area contributed by atoms with Gasteiger partial charge in [0.15, 0.2) is 0 Å². The second-order valence-corrected chi connectivity index (χ2v) is 5.06. The van der Waals surface area contributed by atoms with Crippen LogP contribution in [0.1, 0.15) is 37.8 Å². The number of aryl methyl sites for hydroxylation is 2. The number of hydrogen-bond acceptors (Lipinski definition) is 4. The number of nitrogens with zero attached hydrogens (tertiary/aromatic N) is 2. The molecule has 0 spiro atoms. The van der Waals surface area contributed by atoms with E-state index < -0.39 is 0 Å². The Labute approximate surface area is 126 Å². The van der Waals surface area contributed by atoms with E-state index in [1.54, 1.807) is 0 Å². The van der Waals surface area contributed by atoms with Crippen LogP contribution in [0, 0.1) is 0 Å². The molecule has 1 N–H and O–H groups in total. The molecular weight excluding hydrogens is 278 g/mol. The number of rotatable bonds is 4. The summed E-state index contributed by atoms with van der Waals surface area (Å²) in [6.45, 7) is 8.69. The second-order valence-electron chi connectivity index (χ2n) is 5.06. The first-order chi connectivity index (χ1) is 9.17. The number of nitrogens with one attached hydrogen (secondary N) is 1. The number of carbonyl (C=O) groups is 1. The minimum Gasteiger partial charge on any atom is -0.361 e. The van der Waals surface area contributed by atoms with Crippen LogP contribution in [0.15, 0.2) is 4.52 Å². The van der Waals surface area contributed by atoms with E-state index >= 15 is 0 Å². The summed E-state index contributed by atoms with van der Waals surface area (Å²) >= 11 is 0. The Kier molecular flexibility index (Phi) is 6.49. The van der Waals surface area contributed by atoms with E-state index in [-0.39, 0.29) is 24.4 Å². The quantitative estimate of drug-likeness (QED) is 0.917. The van der Waals surface area contributed by atoms with Crippen LogP contribution in [0.5, 0.6) is 0 Å². The highest BCUT2D eigenvalue weighted by atomic mass is 35.5. The molecular formula is C14H24ClN3O2. The zero-order valence-corrected chi connectivity index (χ0v) is 13.3. The second kappa shape index (κ2) is 7.64. The van der Waals surface area contributed by atoms with Gasteiger partial charge in [-0.25, -0.2) is 0 Å². The minimum absolute atomic E-state index is 0. The number of aromatic nitrogens is 1. The third-order valence-electron chi connectivity index (χ3n) is 3.76. The van der Waals surface area contributed by atoms with Crippen LogP contribution in [0.3, 0.4) is 0 Å². The van der Waals surface area contributed by atoms with E-state index in [0.717, 1.165) is 49.5 Å². The van der Waals surface area contributed by atoms with Crippen molar-refractivity contribution in [3.8, 4) is 0 Å². The Morgan fingerprint density at radius 1 is 1.45 bits per heavy atom. The van der Waals surface area contributed by atoms with Crippen LogP contribution in [-0.4, -0.2) is 41.6 Å². The van der Waals surface area contributed by atoms with Gasteiger partial charge in [-0.3, -0.25) is 4.79 Å². The molecule has 0 aromatic carbocycles. The van der Waals surface area contributed by atoms with E-state index in [4.69, 9.17) is 4.52 Å². The van der Waals surface area contributed by atoms with Crippen molar-refractivity contribution in [2.24, 2.45) is 0 Å².